The van der Waals surface area contributed by atoms with E-state index in [1.165, 1.54) is 6.07 Å². The van der Waals surface area contributed by atoms with Gasteiger partial charge in [0.25, 0.3) is 5.69 Å². The first kappa shape index (κ1) is 10.8. The molecule has 0 aliphatic rings. The maximum Gasteiger partial charge on any atom is 0.291 e. The quantitative estimate of drug-likeness (QED) is 0.575. The van der Waals surface area contributed by atoms with Crippen molar-refractivity contribution in [1.29, 1.82) is 0 Å². The Morgan fingerprint density at radius 1 is 1.50 bits per heavy atom. The van der Waals surface area contributed by atoms with Crippen LogP contribution in [0.25, 0.3) is 0 Å². The van der Waals surface area contributed by atoms with Crippen LogP contribution in [-0.2, 0) is 0 Å². The van der Waals surface area contributed by atoms with Crippen molar-refractivity contribution in [3.05, 3.63) is 33.3 Å². The number of hydrogen-bond donors (Lipinski definition) is 0. The van der Waals surface area contributed by atoms with Crippen LogP contribution < -0.4 is 4.74 Å². The fraction of sp³-hybridized carbons (Fsp3) is 0.333. The normalized spacial score (nSPS) is 10.3. The first-order chi connectivity index (χ1) is 6.52. The van der Waals surface area contributed by atoms with Gasteiger partial charge in [0.1, 0.15) is 5.75 Å². The minimum Gasteiger partial charge on any atom is -0.489 e. The van der Waals surface area contributed by atoms with Gasteiger partial charge in [0.2, 0.25) is 0 Å². The molecule has 14 heavy (non-hydrogen) atoms. The second-order valence-electron chi connectivity index (χ2n) is 3.01. The van der Waals surface area contributed by atoms with E-state index >= 15 is 0 Å². The van der Waals surface area contributed by atoms with Gasteiger partial charge in [0.05, 0.1) is 11.0 Å². The summed E-state index contributed by atoms with van der Waals surface area (Å²) in [7, 11) is 0. The highest BCUT2D eigenvalue weighted by Crippen LogP contribution is 2.33. The van der Waals surface area contributed by atoms with E-state index in [4.69, 9.17) is 16.3 Å². The minimum atomic E-state index is -0.532. The molecular weight excluding hydrogens is 206 g/mol. The third-order valence-corrected chi connectivity index (χ3v) is 1.88. The molecule has 1 aromatic carbocycles. The molecule has 1 aromatic rings. The van der Waals surface area contributed by atoms with Crippen molar-refractivity contribution in [3.63, 3.8) is 0 Å². The summed E-state index contributed by atoms with van der Waals surface area (Å²) < 4.78 is 5.30. The van der Waals surface area contributed by atoms with E-state index in [-0.39, 0.29) is 16.8 Å². The highest BCUT2D eigenvalue weighted by atomic mass is 35.5. The summed E-state index contributed by atoms with van der Waals surface area (Å²) in [6.07, 6.45) is -0.0606. The average Bonchev–Trinajstić information content (AvgIpc) is 2.07. The molecule has 0 saturated carbocycles. The minimum absolute atomic E-state index is 0.0474. The lowest BCUT2D eigenvalue weighted by Crippen LogP contribution is -2.06. The van der Waals surface area contributed by atoms with Crippen LogP contribution >= 0.6 is 11.6 Å². The fourth-order valence-electron chi connectivity index (χ4n) is 0.985. The molecule has 0 aliphatic carbocycles. The molecule has 1 rings (SSSR count). The smallest absolute Gasteiger partial charge is 0.291 e. The fourth-order valence-corrected chi connectivity index (χ4v) is 1.22. The van der Waals surface area contributed by atoms with Gasteiger partial charge < -0.3 is 4.74 Å². The van der Waals surface area contributed by atoms with Crippen LogP contribution in [0.5, 0.6) is 5.75 Å². The Labute approximate surface area is 86.6 Å². The Kier molecular flexibility index (Phi) is 3.30. The standard InChI is InChI=1S/C9H10ClNO3/c1-6(2)14-8-5-3-4-7(9(8)10)11(12)13/h3-6H,1-2H3. The second kappa shape index (κ2) is 4.28. The van der Waals surface area contributed by atoms with E-state index in [0.29, 0.717) is 5.75 Å². The van der Waals surface area contributed by atoms with Crippen LogP contribution in [0.1, 0.15) is 13.8 Å². The van der Waals surface area contributed by atoms with Crippen molar-refractivity contribution in [2.75, 3.05) is 0 Å². The lowest BCUT2D eigenvalue weighted by molar-refractivity contribution is -0.384. The van der Waals surface area contributed by atoms with Crippen LogP contribution in [0.2, 0.25) is 5.02 Å². The van der Waals surface area contributed by atoms with Gasteiger partial charge in [0, 0.05) is 6.07 Å². The van der Waals surface area contributed by atoms with Crippen molar-refractivity contribution in [3.8, 4) is 5.75 Å². The Morgan fingerprint density at radius 2 is 2.14 bits per heavy atom. The maximum atomic E-state index is 10.5. The van der Waals surface area contributed by atoms with Gasteiger partial charge in [-0.3, -0.25) is 10.1 Å². The van der Waals surface area contributed by atoms with E-state index < -0.39 is 4.92 Å². The third-order valence-electron chi connectivity index (χ3n) is 1.50. The molecule has 0 aromatic heterocycles. The van der Waals surface area contributed by atoms with Gasteiger partial charge >= 0.3 is 0 Å². The molecule has 76 valence electrons. The summed E-state index contributed by atoms with van der Waals surface area (Å²) in [5, 5.41) is 10.6. The molecule has 0 saturated heterocycles. The van der Waals surface area contributed by atoms with Gasteiger partial charge in [-0.1, -0.05) is 17.7 Å². The Morgan fingerprint density at radius 3 is 2.64 bits per heavy atom. The number of benzene rings is 1. The molecule has 0 radical (unpaired) electrons. The zero-order valence-corrected chi connectivity index (χ0v) is 8.62. The lowest BCUT2D eigenvalue weighted by Gasteiger charge is -2.10. The SMILES string of the molecule is CC(C)Oc1cccc([N+](=O)[O-])c1Cl. The Balaban J connectivity index is 3.07. The maximum absolute atomic E-state index is 10.5. The van der Waals surface area contributed by atoms with Crippen molar-refractivity contribution in [2.24, 2.45) is 0 Å². The van der Waals surface area contributed by atoms with Crippen LogP contribution in [0.15, 0.2) is 18.2 Å². The molecule has 0 amide bonds. The number of nitro groups is 1. The summed E-state index contributed by atoms with van der Waals surface area (Å²) in [5.41, 5.74) is -0.134. The monoisotopic (exact) mass is 215 g/mol. The van der Waals surface area contributed by atoms with Gasteiger partial charge in [-0.25, -0.2) is 0 Å². The largest absolute Gasteiger partial charge is 0.489 e. The molecule has 0 aliphatic heterocycles. The number of hydrogen-bond acceptors (Lipinski definition) is 3. The second-order valence-corrected chi connectivity index (χ2v) is 3.39. The summed E-state index contributed by atoms with van der Waals surface area (Å²) in [4.78, 5) is 9.99. The summed E-state index contributed by atoms with van der Waals surface area (Å²) >= 11 is 5.78. The molecule has 0 spiro atoms. The zero-order valence-electron chi connectivity index (χ0n) is 7.86. The van der Waals surface area contributed by atoms with E-state index in [0.717, 1.165) is 0 Å². The van der Waals surface area contributed by atoms with Crippen molar-refractivity contribution < 1.29 is 9.66 Å². The van der Waals surface area contributed by atoms with Crippen LogP contribution in [-0.4, -0.2) is 11.0 Å². The first-order valence-electron chi connectivity index (χ1n) is 4.12. The number of ether oxygens (including phenoxy) is 1. The van der Waals surface area contributed by atoms with Gasteiger partial charge in [0.15, 0.2) is 5.02 Å². The predicted molar refractivity (Wildman–Crippen MR) is 53.9 cm³/mol. The number of halogens is 1. The summed E-state index contributed by atoms with van der Waals surface area (Å²) in [6, 6.07) is 4.49. The van der Waals surface area contributed by atoms with Crippen molar-refractivity contribution >= 4 is 17.3 Å². The van der Waals surface area contributed by atoms with Crippen LogP contribution in [0, 0.1) is 10.1 Å². The average molecular weight is 216 g/mol. The highest BCUT2D eigenvalue weighted by molar-refractivity contribution is 6.34. The molecule has 0 N–H and O–H groups in total. The summed E-state index contributed by atoms with van der Waals surface area (Å²) in [5.74, 6) is 0.343. The topological polar surface area (TPSA) is 52.4 Å². The highest BCUT2D eigenvalue weighted by Gasteiger charge is 2.16. The van der Waals surface area contributed by atoms with E-state index in [1.54, 1.807) is 12.1 Å². The van der Waals surface area contributed by atoms with Crippen LogP contribution in [0.3, 0.4) is 0 Å². The van der Waals surface area contributed by atoms with Crippen LogP contribution in [0.4, 0.5) is 5.69 Å². The summed E-state index contributed by atoms with van der Waals surface area (Å²) in [6.45, 7) is 3.66. The van der Waals surface area contributed by atoms with Gasteiger partial charge in [-0.15, -0.1) is 0 Å². The number of nitro benzene ring substituents is 1. The first-order valence-corrected chi connectivity index (χ1v) is 4.49. The van der Waals surface area contributed by atoms with E-state index in [2.05, 4.69) is 0 Å². The Hall–Kier alpha value is -1.29. The van der Waals surface area contributed by atoms with E-state index in [9.17, 15) is 10.1 Å². The molecule has 0 fully saturated rings. The van der Waals surface area contributed by atoms with E-state index in [1.807, 2.05) is 13.8 Å². The number of nitrogens with zero attached hydrogens (tertiary/aromatic N) is 1. The third kappa shape index (κ3) is 2.35. The Bertz CT molecular complexity index is 352. The molecule has 0 heterocycles. The molecule has 0 bridgehead atoms. The lowest BCUT2D eigenvalue weighted by atomic mass is 10.3. The van der Waals surface area contributed by atoms with Crippen molar-refractivity contribution in [1.82, 2.24) is 0 Å². The molecule has 5 heteroatoms. The molecule has 4 nitrogen and oxygen atoms in total. The molecule has 0 unspecified atom stereocenters. The van der Waals surface area contributed by atoms with Gasteiger partial charge in [-0.05, 0) is 19.9 Å². The molecule has 0 atom stereocenters. The van der Waals surface area contributed by atoms with Crippen molar-refractivity contribution in [2.45, 2.75) is 20.0 Å². The number of rotatable bonds is 3. The predicted octanol–water partition coefficient (Wildman–Crippen LogP) is 3.04. The zero-order chi connectivity index (χ0) is 10.7. The molecular formula is C9H10ClNO3. The van der Waals surface area contributed by atoms with Gasteiger partial charge in [-0.2, -0.15) is 0 Å².